The van der Waals surface area contributed by atoms with Crippen molar-refractivity contribution < 1.29 is 19.8 Å². The molecule has 0 aromatic heterocycles. The van der Waals surface area contributed by atoms with Crippen LogP contribution in [0.15, 0.2) is 56.8 Å². The fourth-order valence-corrected chi connectivity index (χ4v) is 3.61. The van der Waals surface area contributed by atoms with Crippen molar-refractivity contribution in [1.29, 1.82) is 0 Å². The Morgan fingerprint density at radius 3 is 2.77 bits per heavy atom. The van der Waals surface area contributed by atoms with E-state index in [9.17, 15) is 14.7 Å². The normalized spacial score (nSPS) is 17.3. The minimum absolute atomic E-state index is 0.0660. The Kier molecular flexibility index (Phi) is 5.15. The Balaban J connectivity index is 1.94. The number of aliphatic imine (C=N–C) groups is 1. The number of thioether (sulfide) groups is 1. The maximum Gasteiger partial charge on any atom is 0.335 e. The number of halogens is 1. The van der Waals surface area contributed by atoms with Gasteiger partial charge in [-0.1, -0.05) is 22.0 Å². The second-order valence-corrected chi connectivity index (χ2v) is 7.35. The molecule has 1 saturated heterocycles. The van der Waals surface area contributed by atoms with Gasteiger partial charge in [0.2, 0.25) is 0 Å². The van der Waals surface area contributed by atoms with Gasteiger partial charge in [-0.25, -0.2) is 9.79 Å². The van der Waals surface area contributed by atoms with E-state index >= 15 is 0 Å². The van der Waals surface area contributed by atoms with E-state index in [2.05, 4.69) is 20.9 Å². The molecule has 132 valence electrons. The summed E-state index contributed by atoms with van der Waals surface area (Å²) in [5.74, 6) is -1.22. The fourth-order valence-electron chi connectivity index (χ4n) is 2.25. The quantitative estimate of drug-likeness (QED) is 0.712. The molecular formula is C18H13BrN2O4S. The lowest BCUT2D eigenvalue weighted by atomic mass is 10.2. The third-order valence-electron chi connectivity index (χ3n) is 3.60. The molecule has 0 bridgehead atoms. The first-order valence-electron chi connectivity index (χ1n) is 7.43. The first-order chi connectivity index (χ1) is 12.3. The summed E-state index contributed by atoms with van der Waals surface area (Å²) in [7, 11) is 1.59. The van der Waals surface area contributed by atoms with E-state index in [0.29, 0.717) is 21.3 Å². The molecule has 2 aromatic carbocycles. The predicted molar refractivity (Wildman–Crippen MR) is 105 cm³/mol. The molecule has 0 atom stereocenters. The van der Waals surface area contributed by atoms with Crippen LogP contribution in [0.25, 0.3) is 6.08 Å². The molecule has 2 aromatic rings. The van der Waals surface area contributed by atoms with Crippen LogP contribution < -0.4 is 0 Å². The summed E-state index contributed by atoms with van der Waals surface area (Å²) in [5.41, 5.74) is 1.08. The molecule has 8 heteroatoms. The van der Waals surface area contributed by atoms with E-state index in [1.54, 1.807) is 37.4 Å². The van der Waals surface area contributed by atoms with Crippen LogP contribution in [0.4, 0.5) is 5.69 Å². The van der Waals surface area contributed by atoms with Gasteiger partial charge in [-0.05, 0) is 54.2 Å². The SMILES string of the molecule is CN1C(=O)/C(=C/c2cc(Br)ccc2O)SC1=Nc1cccc(C(=O)O)c1. The van der Waals surface area contributed by atoms with Gasteiger partial charge in [0.1, 0.15) is 5.75 Å². The molecule has 26 heavy (non-hydrogen) atoms. The van der Waals surface area contributed by atoms with Crippen molar-refractivity contribution in [1.82, 2.24) is 4.90 Å². The number of amides is 1. The summed E-state index contributed by atoms with van der Waals surface area (Å²) < 4.78 is 0.783. The standard InChI is InChI=1S/C18H13BrN2O4S/c1-21-16(23)15(9-11-7-12(19)5-6-14(11)22)26-18(21)20-13-4-2-3-10(8-13)17(24)25/h2-9,22H,1H3,(H,24,25)/b15-9-,20-18?. The fraction of sp³-hybridized carbons (Fsp3) is 0.0556. The third-order valence-corrected chi connectivity index (χ3v) is 5.15. The van der Waals surface area contributed by atoms with Crippen molar-refractivity contribution in [3.63, 3.8) is 0 Å². The van der Waals surface area contributed by atoms with E-state index < -0.39 is 5.97 Å². The van der Waals surface area contributed by atoms with Gasteiger partial charge in [-0.15, -0.1) is 0 Å². The number of carbonyl (C=O) groups is 2. The van der Waals surface area contributed by atoms with E-state index in [1.807, 2.05) is 0 Å². The number of benzene rings is 2. The maximum absolute atomic E-state index is 12.5. The number of amidine groups is 1. The summed E-state index contributed by atoms with van der Waals surface area (Å²) in [6.07, 6.45) is 1.60. The number of phenolic OH excluding ortho intramolecular Hbond substituents is 1. The van der Waals surface area contributed by atoms with E-state index in [1.165, 1.54) is 23.1 Å². The van der Waals surface area contributed by atoms with Crippen LogP contribution in [0.3, 0.4) is 0 Å². The molecule has 0 radical (unpaired) electrons. The molecule has 0 unspecified atom stereocenters. The molecule has 1 aliphatic heterocycles. The van der Waals surface area contributed by atoms with E-state index in [0.717, 1.165) is 16.2 Å². The number of nitrogens with zero attached hydrogens (tertiary/aromatic N) is 2. The Morgan fingerprint density at radius 2 is 2.04 bits per heavy atom. The van der Waals surface area contributed by atoms with Gasteiger partial charge in [0.25, 0.3) is 5.91 Å². The number of rotatable bonds is 3. The average molecular weight is 433 g/mol. The molecule has 1 fully saturated rings. The zero-order chi connectivity index (χ0) is 18.8. The molecule has 0 saturated carbocycles. The van der Waals surface area contributed by atoms with Crippen LogP contribution in [0, 0.1) is 0 Å². The number of phenols is 1. The highest BCUT2D eigenvalue weighted by Crippen LogP contribution is 2.35. The number of carboxylic acid groups (broad SMARTS) is 1. The number of carbonyl (C=O) groups excluding carboxylic acids is 1. The lowest BCUT2D eigenvalue weighted by Gasteiger charge is -2.07. The Morgan fingerprint density at radius 1 is 1.27 bits per heavy atom. The number of aromatic carboxylic acids is 1. The minimum Gasteiger partial charge on any atom is -0.507 e. The molecule has 1 amide bonds. The number of carboxylic acids is 1. The highest BCUT2D eigenvalue weighted by Gasteiger charge is 2.30. The van der Waals surface area contributed by atoms with Crippen molar-refractivity contribution in [3.8, 4) is 5.75 Å². The molecule has 0 aliphatic carbocycles. The van der Waals surface area contributed by atoms with Gasteiger partial charge < -0.3 is 10.2 Å². The Labute approximate surface area is 162 Å². The van der Waals surface area contributed by atoms with Crippen molar-refractivity contribution >= 4 is 56.5 Å². The number of hydrogen-bond donors (Lipinski definition) is 2. The first kappa shape index (κ1) is 18.2. The minimum atomic E-state index is -1.04. The van der Waals surface area contributed by atoms with Crippen LogP contribution in [0.2, 0.25) is 0 Å². The number of hydrogen-bond acceptors (Lipinski definition) is 5. The summed E-state index contributed by atoms with van der Waals surface area (Å²) in [6, 6.07) is 11.1. The Bertz CT molecular complexity index is 971. The van der Waals surface area contributed by atoms with Crippen LogP contribution in [-0.4, -0.2) is 39.2 Å². The summed E-state index contributed by atoms with van der Waals surface area (Å²) in [4.78, 5) is 29.7. The number of aromatic hydroxyl groups is 1. The molecule has 1 heterocycles. The highest BCUT2D eigenvalue weighted by molar-refractivity contribution is 9.10. The second kappa shape index (κ2) is 7.35. The van der Waals surface area contributed by atoms with Crippen LogP contribution in [0.1, 0.15) is 15.9 Å². The zero-order valence-electron chi connectivity index (χ0n) is 13.5. The second-order valence-electron chi connectivity index (χ2n) is 5.43. The van der Waals surface area contributed by atoms with Crippen molar-refractivity contribution in [3.05, 3.63) is 63.0 Å². The largest absolute Gasteiger partial charge is 0.507 e. The topological polar surface area (TPSA) is 90.2 Å². The predicted octanol–water partition coefficient (Wildman–Crippen LogP) is 4.09. The van der Waals surface area contributed by atoms with Gasteiger partial charge in [-0.3, -0.25) is 9.69 Å². The monoisotopic (exact) mass is 432 g/mol. The summed E-state index contributed by atoms with van der Waals surface area (Å²) in [5, 5.41) is 19.4. The molecular weight excluding hydrogens is 420 g/mol. The molecule has 0 spiro atoms. The lowest BCUT2D eigenvalue weighted by Crippen LogP contribution is -2.23. The highest BCUT2D eigenvalue weighted by atomic mass is 79.9. The average Bonchev–Trinajstić information content (AvgIpc) is 2.86. The smallest absolute Gasteiger partial charge is 0.335 e. The van der Waals surface area contributed by atoms with Gasteiger partial charge in [0.15, 0.2) is 5.17 Å². The van der Waals surface area contributed by atoms with E-state index in [-0.39, 0.29) is 17.2 Å². The molecule has 1 aliphatic rings. The van der Waals surface area contributed by atoms with Crippen molar-refractivity contribution in [2.24, 2.45) is 4.99 Å². The van der Waals surface area contributed by atoms with Gasteiger partial charge in [0.05, 0.1) is 16.2 Å². The van der Waals surface area contributed by atoms with Gasteiger partial charge in [0, 0.05) is 17.1 Å². The zero-order valence-corrected chi connectivity index (χ0v) is 15.9. The molecule has 2 N–H and O–H groups in total. The summed E-state index contributed by atoms with van der Waals surface area (Å²) >= 11 is 4.49. The van der Waals surface area contributed by atoms with Crippen molar-refractivity contribution in [2.45, 2.75) is 0 Å². The van der Waals surface area contributed by atoms with Crippen LogP contribution in [-0.2, 0) is 4.79 Å². The maximum atomic E-state index is 12.5. The van der Waals surface area contributed by atoms with E-state index in [4.69, 9.17) is 5.11 Å². The number of likely N-dealkylation sites (N-methyl/N-ethyl adjacent to an activating group) is 1. The Hall–Kier alpha value is -2.58. The van der Waals surface area contributed by atoms with Crippen LogP contribution >= 0.6 is 27.7 Å². The van der Waals surface area contributed by atoms with Crippen LogP contribution in [0.5, 0.6) is 5.75 Å². The van der Waals surface area contributed by atoms with Crippen molar-refractivity contribution in [2.75, 3.05) is 7.05 Å². The lowest BCUT2D eigenvalue weighted by molar-refractivity contribution is -0.121. The molecule has 6 nitrogen and oxygen atoms in total. The third kappa shape index (κ3) is 3.81. The first-order valence-corrected chi connectivity index (χ1v) is 9.04. The van der Waals surface area contributed by atoms with Gasteiger partial charge >= 0.3 is 5.97 Å². The molecule has 3 rings (SSSR count). The van der Waals surface area contributed by atoms with Gasteiger partial charge in [-0.2, -0.15) is 0 Å². The summed E-state index contributed by atoms with van der Waals surface area (Å²) in [6.45, 7) is 0.